The zero-order valence-electron chi connectivity index (χ0n) is 9.70. The van der Waals surface area contributed by atoms with Crippen LogP contribution >= 0.6 is 15.9 Å². The monoisotopic (exact) mass is 365 g/mol. The van der Waals surface area contributed by atoms with Crippen LogP contribution in [-0.2, 0) is 10.0 Å². The summed E-state index contributed by atoms with van der Waals surface area (Å²) in [5, 5.41) is 0. The molecule has 0 aromatic heterocycles. The summed E-state index contributed by atoms with van der Waals surface area (Å²) >= 11 is 3.02. The van der Waals surface area contributed by atoms with E-state index in [-0.39, 0.29) is 5.69 Å². The van der Waals surface area contributed by atoms with Crippen molar-refractivity contribution in [2.24, 2.45) is 0 Å². The zero-order valence-corrected chi connectivity index (χ0v) is 12.1. The second-order valence-electron chi connectivity index (χ2n) is 3.80. The van der Waals surface area contributed by atoms with Gasteiger partial charge < -0.3 is 0 Å². The van der Waals surface area contributed by atoms with E-state index in [0.29, 0.717) is 16.6 Å². The third kappa shape index (κ3) is 3.13. The molecule has 0 aliphatic carbocycles. The highest BCUT2D eigenvalue weighted by Crippen LogP contribution is 2.24. The van der Waals surface area contributed by atoms with E-state index < -0.39 is 32.4 Å². The fourth-order valence-electron chi connectivity index (χ4n) is 1.46. The van der Waals surface area contributed by atoms with Crippen LogP contribution < -0.4 is 4.72 Å². The van der Waals surface area contributed by atoms with Crippen molar-refractivity contribution in [1.29, 1.82) is 0 Å². The maximum atomic E-state index is 13.6. The molecule has 0 atom stereocenters. The van der Waals surface area contributed by atoms with Crippen molar-refractivity contribution >= 4 is 31.6 Å². The molecule has 106 valence electrons. The summed E-state index contributed by atoms with van der Waals surface area (Å²) in [6, 6.07) is 5.60. The summed E-state index contributed by atoms with van der Waals surface area (Å²) in [4.78, 5) is -0.889. The fraction of sp³-hybridized carbons (Fsp3) is 0. The van der Waals surface area contributed by atoms with Gasteiger partial charge in [-0.15, -0.1) is 0 Å². The number of hydrogen-bond donors (Lipinski definition) is 1. The van der Waals surface area contributed by atoms with Gasteiger partial charge in [-0.05, 0) is 36.4 Å². The van der Waals surface area contributed by atoms with E-state index in [1.807, 2.05) is 4.72 Å². The van der Waals surface area contributed by atoms with E-state index in [1.54, 1.807) is 0 Å². The van der Waals surface area contributed by atoms with Crippen LogP contribution in [0.5, 0.6) is 0 Å². The van der Waals surface area contributed by atoms with Crippen molar-refractivity contribution in [1.82, 2.24) is 0 Å². The molecule has 3 nitrogen and oxygen atoms in total. The van der Waals surface area contributed by atoms with E-state index in [4.69, 9.17) is 0 Å². The third-order valence-electron chi connectivity index (χ3n) is 2.36. The molecule has 0 amide bonds. The van der Waals surface area contributed by atoms with Gasteiger partial charge in [0.2, 0.25) is 0 Å². The van der Waals surface area contributed by atoms with Gasteiger partial charge in [0.15, 0.2) is 0 Å². The number of nitrogens with one attached hydrogen (secondary N) is 1. The summed E-state index contributed by atoms with van der Waals surface area (Å²) in [7, 11) is -4.42. The van der Waals surface area contributed by atoms with Gasteiger partial charge in [-0.25, -0.2) is 21.6 Å². The molecular weight excluding hydrogens is 359 g/mol. The molecule has 2 aromatic carbocycles. The Kier molecular flexibility index (Phi) is 4.05. The average Bonchev–Trinajstić information content (AvgIpc) is 2.35. The van der Waals surface area contributed by atoms with Crippen LogP contribution in [-0.4, -0.2) is 8.42 Å². The summed E-state index contributed by atoms with van der Waals surface area (Å²) < 4.78 is 66.1. The van der Waals surface area contributed by atoms with E-state index >= 15 is 0 Å². The second-order valence-corrected chi connectivity index (χ2v) is 6.37. The number of anilines is 1. The SMILES string of the molecule is O=S(=O)(Nc1ccc(Br)cc1F)c1cc(F)ccc1F. The fourth-order valence-corrected chi connectivity index (χ4v) is 2.95. The number of sulfonamides is 1. The van der Waals surface area contributed by atoms with Gasteiger partial charge in [-0.3, -0.25) is 4.72 Å². The van der Waals surface area contributed by atoms with Crippen molar-refractivity contribution in [2.75, 3.05) is 4.72 Å². The normalized spacial score (nSPS) is 11.4. The van der Waals surface area contributed by atoms with Gasteiger partial charge in [0, 0.05) is 4.47 Å². The van der Waals surface area contributed by atoms with Gasteiger partial charge in [0.05, 0.1) is 5.69 Å². The Morgan fingerprint density at radius 3 is 2.30 bits per heavy atom. The highest BCUT2D eigenvalue weighted by Gasteiger charge is 2.21. The minimum Gasteiger partial charge on any atom is -0.277 e. The van der Waals surface area contributed by atoms with Crippen LogP contribution in [0.4, 0.5) is 18.9 Å². The van der Waals surface area contributed by atoms with Crippen LogP contribution in [0.2, 0.25) is 0 Å². The Morgan fingerprint density at radius 1 is 0.950 bits per heavy atom. The molecule has 0 bridgehead atoms. The predicted molar refractivity (Wildman–Crippen MR) is 71.3 cm³/mol. The van der Waals surface area contributed by atoms with Gasteiger partial charge in [-0.1, -0.05) is 15.9 Å². The lowest BCUT2D eigenvalue weighted by Gasteiger charge is -2.10. The first-order valence-electron chi connectivity index (χ1n) is 5.22. The first kappa shape index (κ1) is 14.9. The molecule has 8 heteroatoms. The van der Waals surface area contributed by atoms with Crippen molar-refractivity contribution in [3.8, 4) is 0 Å². The van der Waals surface area contributed by atoms with E-state index in [1.165, 1.54) is 6.07 Å². The highest BCUT2D eigenvalue weighted by molar-refractivity contribution is 9.10. The molecule has 0 heterocycles. The number of benzene rings is 2. The number of hydrogen-bond acceptors (Lipinski definition) is 2. The van der Waals surface area contributed by atoms with E-state index in [2.05, 4.69) is 15.9 Å². The molecule has 0 aliphatic heterocycles. The molecular formula is C12H7BrF3NO2S. The smallest absolute Gasteiger partial charge is 0.265 e. The Bertz CT molecular complexity index is 765. The lowest BCUT2D eigenvalue weighted by atomic mass is 10.3. The third-order valence-corrected chi connectivity index (χ3v) is 4.23. The molecule has 2 aromatic rings. The number of halogens is 4. The molecule has 0 fully saturated rings. The molecule has 0 unspecified atom stereocenters. The standard InChI is InChI=1S/C12H7BrF3NO2S/c13-7-1-4-11(10(16)5-7)17-20(18,19)12-6-8(14)2-3-9(12)15/h1-6,17H. The van der Waals surface area contributed by atoms with Crippen LogP contribution in [0.3, 0.4) is 0 Å². The molecule has 0 aliphatic rings. The van der Waals surface area contributed by atoms with Gasteiger partial charge in [0.25, 0.3) is 10.0 Å². The van der Waals surface area contributed by atoms with Crippen molar-refractivity contribution in [3.05, 3.63) is 58.3 Å². The molecule has 0 spiro atoms. The molecule has 0 saturated carbocycles. The quantitative estimate of drug-likeness (QED) is 0.901. The Hall–Kier alpha value is -1.54. The van der Waals surface area contributed by atoms with Gasteiger partial charge >= 0.3 is 0 Å². The highest BCUT2D eigenvalue weighted by atomic mass is 79.9. The van der Waals surface area contributed by atoms with Crippen molar-refractivity contribution in [2.45, 2.75) is 4.90 Å². The largest absolute Gasteiger partial charge is 0.277 e. The summed E-state index contributed by atoms with van der Waals surface area (Å²) in [6.07, 6.45) is 0. The molecule has 20 heavy (non-hydrogen) atoms. The summed E-state index contributed by atoms with van der Waals surface area (Å²) in [6.45, 7) is 0. The van der Waals surface area contributed by atoms with Crippen LogP contribution in [0, 0.1) is 17.5 Å². The van der Waals surface area contributed by atoms with Crippen molar-refractivity contribution in [3.63, 3.8) is 0 Å². The van der Waals surface area contributed by atoms with Crippen LogP contribution in [0.25, 0.3) is 0 Å². The molecule has 0 radical (unpaired) electrons. The van der Waals surface area contributed by atoms with E-state index in [0.717, 1.165) is 18.2 Å². The molecule has 1 N–H and O–H groups in total. The summed E-state index contributed by atoms with van der Waals surface area (Å²) in [5.41, 5.74) is -0.364. The molecule has 0 saturated heterocycles. The lowest BCUT2D eigenvalue weighted by Crippen LogP contribution is -2.15. The van der Waals surface area contributed by atoms with Crippen LogP contribution in [0.1, 0.15) is 0 Å². The minimum atomic E-state index is -4.42. The Labute approximate surface area is 121 Å². The second kappa shape index (κ2) is 5.45. The van der Waals surface area contributed by atoms with Gasteiger partial charge in [-0.2, -0.15) is 0 Å². The minimum absolute atomic E-state index is 0.364. The first-order valence-corrected chi connectivity index (χ1v) is 7.50. The number of rotatable bonds is 3. The first-order chi connectivity index (χ1) is 9.29. The predicted octanol–water partition coefficient (Wildman–Crippen LogP) is 3.67. The lowest BCUT2D eigenvalue weighted by molar-refractivity contribution is 0.555. The van der Waals surface area contributed by atoms with Crippen LogP contribution in [0.15, 0.2) is 45.8 Å². The Balaban J connectivity index is 2.43. The van der Waals surface area contributed by atoms with Gasteiger partial charge in [0.1, 0.15) is 22.3 Å². The topological polar surface area (TPSA) is 46.2 Å². The van der Waals surface area contributed by atoms with E-state index in [9.17, 15) is 21.6 Å². The summed E-state index contributed by atoms with van der Waals surface area (Å²) in [5.74, 6) is -2.89. The zero-order chi connectivity index (χ0) is 14.9. The van der Waals surface area contributed by atoms with Crippen molar-refractivity contribution < 1.29 is 21.6 Å². The maximum Gasteiger partial charge on any atom is 0.265 e. The Morgan fingerprint density at radius 2 is 1.65 bits per heavy atom. The average molecular weight is 366 g/mol. The maximum absolute atomic E-state index is 13.6. The molecule has 2 rings (SSSR count).